The van der Waals surface area contributed by atoms with E-state index in [-0.39, 0.29) is 29.5 Å². The number of carbonyl (C=O) groups is 3. The summed E-state index contributed by atoms with van der Waals surface area (Å²) in [5.41, 5.74) is 0.840. The minimum atomic E-state index is -0.811. The molecular formula is C21H27FN2O4. The van der Waals surface area contributed by atoms with Gasteiger partial charge in [0.2, 0.25) is 11.8 Å². The van der Waals surface area contributed by atoms with Crippen molar-refractivity contribution in [2.45, 2.75) is 45.1 Å². The van der Waals surface area contributed by atoms with Gasteiger partial charge < -0.3 is 15.3 Å². The van der Waals surface area contributed by atoms with Crippen LogP contribution in [0.1, 0.15) is 44.1 Å². The molecule has 28 heavy (non-hydrogen) atoms. The molecular weight excluding hydrogens is 363 g/mol. The molecule has 152 valence electrons. The van der Waals surface area contributed by atoms with Gasteiger partial charge in [0.1, 0.15) is 5.82 Å². The molecule has 1 heterocycles. The maximum Gasteiger partial charge on any atom is 0.306 e. The highest BCUT2D eigenvalue weighted by atomic mass is 19.1. The van der Waals surface area contributed by atoms with Gasteiger partial charge in [-0.25, -0.2) is 4.39 Å². The molecule has 0 bridgehead atoms. The van der Waals surface area contributed by atoms with Crippen LogP contribution in [-0.2, 0) is 20.9 Å². The largest absolute Gasteiger partial charge is 0.481 e. The zero-order valence-corrected chi connectivity index (χ0v) is 15.9. The van der Waals surface area contributed by atoms with Crippen LogP contribution in [-0.4, -0.2) is 40.9 Å². The van der Waals surface area contributed by atoms with E-state index < -0.39 is 11.9 Å². The molecule has 2 aliphatic rings. The van der Waals surface area contributed by atoms with Crippen molar-refractivity contribution >= 4 is 17.8 Å². The summed E-state index contributed by atoms with van der Waals surface area (Å²) >= 11 is 0. The van der Waals surface area contributed by atoms with Crippen LogP contribution in [0.15, 0.2) is 24.3 Å². The van der Waals surface area contributed by atoms with Crippen LogP contribution in [0, 0.1) is 23.6 Å². The van der Waals surface area contributed by atoms with E-state index in [1.54, 1.807) is 17.0 Å². The first-order valence-electron chi connectivity index (χ1n) is 9.98. The molecule has 1 aliphatic carbocycles. The van der Waals surface area contributed by atoms with Gasteiger partial charge in [-0.05, 0) is 49.8 Å². The van der Waals surface area contributed by atoms with Crippen LogP contribution in [0.4, 0.5) is 4.39 Å². The Balaban J connectivity index is 1.44. The van der Waals surface area contributed by atoms with E-state index in [0.29, 0.717) is 45.3 Å². The molecule has 2 fully saturated rings. The first-order valence-corrected chi connectivity index (χ1v) is 9.98. The number of benzene rings is 1. The first kappa shape index (κ1) is 20.3. The number of carboxylic acid groups (broad SMARTS) is 1. The predicted octanol–water partition coefficient (Wildman–Crippen LogP) is 2.57. The predicted molar refractivity (Wildman–Crippen MR) is 101 cm³/mol. The zero-order valence-electron chi connectivity index (χ0n) is 15.9. The number of hydrogen-bond donors (Lipinski definition) is 2. The molecule has 1 aliphatic heterocycles. The number of amides is 2. The number of carboxylic acids is 1. The summed E-state index contributed by atoms with van der Waals surface area (Å²) in [5.74, 6) is -1.89. The van der Waals surface area contributed by atoms with Crippen LogP contribution in [0.3, 0.4) is 0 Å². The molecule has 2 amide bonds. The number of hydrogen-bond acceptors (Lipinski definition) is 3. The van der Waals surface area contributed by atoms with Gasteiger partial charge >= 0.3 is 5.97 Å². The van der Waals surface area contributed by atoms with Crippen molar-refractivity contribution in [1.29, 1.82) is 0 Å². The topological polar surface area (TPSA) is 86.7 Å². The quantitative estimate of drug-likeness (QED) is 0.809. The fraction of sp³-hybridized carbons (Fsp3) is 0.571. The van der Waals surface area contributed by atoms with Gasteiger partial charge in [0.05, 0.1) is 5.92 Å². The Hall–Kier alpha value is -2.44. The van der Waals surface area contributed by atoms with Crippen molar-refractivity contribution in [3.63, 3.8) is 0 Å². The summed E-state index contributed by atoms with van der Waals surface area (Å²) in [7, 11) is 0. The van der Waals surface area contributed by atoms with Gasteiger partial charge in [-0.2, -0.15) is 0 Å². The Bertz CT molecular complexity index is 714. The highest BCUT2D eigenvalue weighted by Crippen LogP contribution is 2.31. The SMILES string of the molecule is O=C(O)C1CCCC(C(=O)N2CCC(C(=O)NCc3ccc(F)cc3)CC2)C1. The van der Waals surface area contributed by atoms with Crippen LogP contribution in [0.5, 0.6) is 0 Å². The molecule has 1 aromatic carbocycles. The van der Waals surface area contributed by atoms with Crippen molar-refractivity contribution in [2.75, 3.05) is 13.1 Å². The third kappa shape index (κ3) is 5.09. The highest BCUT2D eigenvalue weighted by Gasteiger charge is 2.35. The van der Waals surface area contributed by atoms with Crippen molar-refractivity contribution in [2.24, 2.45) is 17.8 Å². The van der Waals surface area contributed by atoms with Gasteiger partial charge in [0, 0.05) is 31.5 Å². The monoisotopic (exact) mass is 390 g/mol. The first-order chi connectivity index (χ1) is 13.4. The normalized spacial score (nSPS) is 23.2. The minimum absolute atomic E-state index is 0.0381. The van der Waals surface area contributed by atoms with Gasteiger partial charge in [0.25, 0.3) is 0 Å². The molecule has 1 aromatic rings. The smallest absolute Gasteiger partial charge is 0.306 e. The molecule has 0 aromatic heterocycles. The molecule has 1 saturated heterocycles. The second-order valence-electron chi connectivity index (χ2n) is 7.84. The number of likely N-dealkylation sites (tertiary alicyclic amines) is 1. The lowest BCUT2D eigenvalue weighted by atomic mass is 9.80. The van der Waals surface area contributed by atoms with Gasteiger partial charge in [0.15, 0.2) is 0 Å². The van der Waals surface area contributed by atoms with E-state index in [0.717, 1.165) is 18.4 Å². The van der Waals surface area contributed by atoms with Crippen LogP contribution < -0.4 is 5.32 Å². The van der Waals surface area contributed by atoms with E-state index in [4.69, 9.17) is 0 Å². The molecule has 2 atom stereocenters. The summed E-state index contributed by atoms with van der Waals surface area (Å²) in [6.45, 7) is 1.42. The van der Waals surface area contributed by atoms with Crippen molar-refractivity contribution in [1.82, 2.24) is 10.2 Å². The number of piperidine rings is 1. The standard InChI is InChI=1S/C21H27FN2O4/c22-18-6-4-14(5-7-18)13-23-19(25)15-8-10-24(11-9-15)20(26)16-2-1-3-17(12-16)21(27)28/h4-7,15-17H,1-3,8-13H2,(H,23,25)(H,27,28). The van der Waals surface area contributed by atoms with Gasteiger partial charge in [-0.1, -0.05) is 18.6 Å². The lowest BCUT2D eigenvalue weighted by Crippen LogP contribution is -2.46. The molecule has 7 heteroatoms. The van der Waals surface area contributed by atoms with E-state index >= 15 is 0 Å². The van der Waals surface area contributed by atoms with E-state index in [1.807, 2.05) is 0 Å². The third-order valence-electron chi connectivity index (χ3n) is 5.93. The van der Waals surface area contributed by atoms with E-state index in [2.05, 4.69) is 5.32 Å². The van der Waals surface area contributed by atoms with Crippen LogP contribution >= 0.6 is 0 Å². The Morgan fingerprint density at radius 1 is 1.00 bits per heavy atom. The van der Waals surface area contributed by atoms with E-state index in [9.17, 15) is 23.9 Å². The molecule has 3 rings (SSSR count). The van der Waals surface area contributed by atoms with Gasteiger partial charge in [-0.3, -0.25) is 14.4 Å². The third-order valence-corrected chi connectivity index (χ3v) is 5.93. The second kappa shape index (κ2) is 9.17. The van der Waals surface area contributed by atoms with Crippen molar-refractivity contribution in [3.8, 4) is 0 Å². The lowest BCUT2D eigenvalue weighted by molar-refractivity contribution is -0.146. The maximum atomic E-state index is 12.9. The summed E-state index contributed by atoms with van der Waals surface area (Å²) < 4.78 is 12.9. The molecule has 6 nitrogen and oxygen atoms in total. The molecule has 2 N–H and O–H groups in total. The highest BCUT2D eigenvalue weighted by molar-refractivity contribution is 5.82. The Labute approximate surface area is 164 Å². The molecule has 1 saturated carbocycles. The lowest BCUT2D eigenvalue weighted by Gasteiger charge is -2.35. The average molecular weight is 390 g/mol. The Morgan fingerprint density at radius 3 is 2.29 bits per heavy atom. The fourth-order valence-corrected chi connectivity index (χ4v) is 4.19. The molecule has 0 spiro atoms. The summed E-state index contributed by atoms with van der Waals surface area (Å²) in [6, 6.07) is 6.02. The molecule has 0 radical (unpaired) electrons. The summed E-state index contributed by atoms with van der Waals surface area (Å²) in [6.07, 6.45) is 3.81. The molecule has 2 unspecified atom stereocenters. The number of carbonyl (C=O) groups excluding carboxylic acids is 2. The number of rotatable bonds is 5. The minimum Gasteiger partial charge on any atom is -0.481 e. The van der Waals surface area contributed by atoms with Crippen molar-refractivity contribution < 1.29 is 23.9 Å². The number of halogens is 1. The Morgan fingerprint density at radius 2 is 1.64 bits per heavy atom. The van der Waals surface area contributed by atoms with Crippen LogP contribution in [0.25, 0.3) is 0 Å². The van der Waals surface area contributed by atoms with Gasteiger partial charge in [-0.15, -0.1) is 0 Å². The Kier molecular flexibility index (Phi) is 6.65. The fourth-order valence-electron chi connectivity index (χ4n) is 4.19. The second-order valence-corrected chi connectivity index (χ2v) is 7.84. The van der Waals surface area contributed by atoms with E-state index in [1.165, 1.54) is 12.1 Å². The van der Waals surface area contributed by atoms with Crippen molar-refractivity contribution in [3.05, 3.63) is 35.6 Å². The summed E-state index contributed by atoms with van der Waals surface area (Å²) in [5, 5.41) is 12.1. The number of aliphatic carboxylic acids is 1. The number of nitrogens with zero attached hydrogens (tertiary/aromatic N) is 1. The average Bonchev–Trinajstić information content (AvgIpc) is 2.72. The zero-order chi connectivity index (χ0) is 20.1. The van der Waals surface area contributed by atoms with Crippen LogP contribution in [0.2, 0.25) is 0 Å². The summed E-state index contributed by atoms with van der Waals surface area (Å²) in [4.78, 5) is 38.1. The number of nitrogens with one attached hydrogen (secondary N) is 1. The maximum absolute atomic E-state index is 12.9.